The van der Waals surface area contributed by atoms with E-state index in [1.165, 1.54) is 0 Å². The summed E-state index contributed by atoms with van der Waals surface area (Å²) >= 11 is 0. The van der Waals surface area contributed by atoms with Crippen molar-refractivity contribution in [3.63, 3.8) is 0 Å². The standard InChI is InChI=1S/C11H20O2/c1-3-5-10-7-8-13-11(10,12)6-4-9(10)2/h9,12H,3-8H2,1-2H3. The third kappa shape index (κ3) is 1.08. The summed E-state index contributed by atoms with van der Waals surface area (Å²) in [6.07, 6.45) is 5.28. The molecule has 1 saturated carbocycles. The molecule has 0 aromatic rings. The molecule has 1 aliphatic carbocycles. The molecule has 3 atom stereocenters. The van der Waals surface area contributed by atoms with Crippen LogP contribution in [0.2, 0.25) is 0 Å². The second kappa shape index (κ2) is 2.96. The van der Waals surface area contributed by atoms with Crippen LogP contribution in [0.3, 0.4) is 0 Å². The molecule has 0 radical (unpaired) electrons. The average molecular weight is 184 g/mol. The highest BCUT2D eigenvalue weighted by atomic mass is 16.6. The second-order valence-corrected chi connectivity index (χ2v) is 4.73. The Kier molecular flexibility index (Phi) is 2.16. The molecular formula is C11H20O2. The van der Waals surface area contributed by atoms with Crippen molar-refractivity contribution in [2.75, 3.05) is 6.61 Å². The molecule has 0 amide bonds. The van der Waals surface area contributed by atoms with Crippen molar-refractivity contribution >= 4 is 0 Å². The number of ether oxygens (including phenoxy) is 1. The zero-order valence-corrected chi connectivity index (χ0v) is 8.68. The molecule has 2 heteroatoms. The Labute approximate surface area is 80.3 Å². The molecule has 0 bridgehead atoms. The molecule has 2 aliphatic rings. The Morgan fingerprint density at radius 2 is 2.23 bits per heavy atom. The molecule has 0 spiro atoms. The van der Waals surface area contributed by atoms with Crippen LogP contribution in [0.25, 0.3) is 0 Å². The van der Waals surface area contributed by atoms with Gasteiger partial charge in [0.25, 0.3) is 0 Å². The normalized spacial score (nSPS) is 49.6. The first-order valence-corrected chi connectivity index (χ1v) is 5.51. The first-order chi connectivity index (χ1) is 6.15. The summed E-state index contributed by atoms with van der Waals surface area (Å²) in [4.78, 5) is 0. The van der Waals surface area contributed by atoms with Gasteiger partial charge in [-0.1, -0.05) is 20.3 Å². The van der Waals surface area contributed by atoms with Crippen molar-refractivity contribution < 1.29 is 9.84 Å². The SMILES string of the molecule is CCCC12CCOC1(O)CCC2C. The third-order valence-electron chi connectivity index (χ3n) is 4.22. The summed E-state index contributed by atoms with van der Waals surface area (Å²) in [6, 6.07) is 0. The van der Waals surface area contributed by atoms with E-state index in [9.17, 15) is 5.11 Å². The van der Waals surface area contributed by atoms with Gasteiger partial charge in [0, 0.05) is 11.8 Å². The van der Waals surface area contributed by atoms with Crippen LogP contribution in [-0.4, -0.2) is 17.5 Å². The Balaban J connectivity index is 2.28. The van der Waals surface area contributed by atoms with E-state index in [4.69, 9.17) is 4.74 Å². The molecule has 1 N–H and O–H groups in total. The van der Waals surface area contributed by atoms with Gasteiger partial charge in [0.1, 0.15) is 0 Å². The van der Waals surface area contributed by atoms with Crippen LogP contribution in [0.1, 0.15) is 46.0 Å². The zero-order valence-electron chi connectivity index (χ0n) is 8.68. The van der Waals surface area contributed by atoms with Crippen LogP contribution in [0.5, 0.6) is 0 Å². The highest BCUT2D eigenvalue weighted by Gasteiger charge is 2.61. The van der Waals surface area contributed by atoms with E-state index >= 15 is 0 Å². The maximum atomic E-state index is 10.4. The zero-order chi connectivity index (χ0) is 9.53. The van der Waals surface area contributed by atoms with E-state index in [0.717, 1.165) is 38.7 Å². The lowest BCUT2D eigenvalue weighted by Gasteiger charge is -2.37. The molecule has 1 saturated heterocycles. The van der Waals surface area contributed by atoms with Gasteiger partial charge in [-0.25, -0.2) is 0 Å². The van der Waals surface area contributed by atoms with E-state index in [2.05, 4.69) is 13.8 Å². The lowest BCUT2D eigenvalue weighted by molar-refractivity contribution is -0.219. The second-order valence-electron chi connectivity index (χ2n) is 4.73. The summed E-state index contributed by atoms with van der Waals surface area (Å²) in [5.41, 5.74) is 0.0851. The van der Waals surface area contributed by atoms with Crippen LogP contribution >= 0.6 is 0 Å². The molecule has 13 heavy (non-hydrogen) atoms. The summed E-state index contributed by atoms with van der Waals surface area (Å²) in [5, 5.41) is 10.4. The fourth-order valence-electron chi connectivity index (χ4n) is 3.39. The molecule has 76 valence electrons. The molecular weight excluding hydrogens is 164 g/mol. The van der Waals surface area contributed by atoms with Gasteiger partial charge < -0.3 is 9.84 Å². The highest BCUT2D eigenvalue weighted by molar-refractivity contribution is 5.04. The van der Waals surface area contributed by atoms with Crippen molar-refractivity contribution in [2.24, 2.45) is 11.3 Å². The number of aliphatic hydroxyl groups is 1. The number of hydrogen-bond acceptors (Lipinski definition) is 2. The maximum Gasteiger partial charge on any atom is 0.171 e. The lowest BCUT2D eigenvalue weighted by atomic mass is 9.71. The Hall–Kier alpha value is -0.0800. The summed E-state index contributed by atoms with van der Waals surface area (Å²) < 4.78 is 5.55. The number of hydrogen-bond donors (Lipinski definition) is 1. The predicted octanol–water partition coefficient (Wildman–Crippen LogP) is 2.31. The fraction of sp³-hybridized carbons (Fsp3) is 1.00. The van der Waals surface area contributed by atoms with Crippen molar-refractivity contribution in [2.45, 2.75) is 51.7 Å². The summed E-state index contributed by atoms with van der Waals surface area (Å²) in [7, 11) is 0. The van der Waals surface area contributed by atoms with Gasteiger partial charge in [-0.3, -0.25) is 0 Å². The maximum absolute atomic E-state index is 10.4. The molecule has 1 aliphatic heterocycles. The van der Waals surface area contributed by atoms with Gasteiger partial charge in [-0.15, -0.1) is 0 Å². The molecule has 2 rings (SSSR count). The molecule has 3 unspecified atom stereocenters. The van der Waals surface area contributed by atoms with Gasteiger partial charge in [0.2, 0.25) is 0 Å². The van der Waals surface area contributed by atoms with Gasteiger partial charge in [0.05, 0.1) is 6.61 Å². The monoisotopic (exact) mass is 184 g/mol. The Morgan fingerprint density at radius 3 is 2.92 bits per heavy atom. The quantitative estimate of drug-likeness (QED) is 0.713. The minimum absolute atomic E-state index is 0.0851. The molecule has 1 heterocycles. The van der Waals surface area contributed by atoms with Gasteiger partial charge in [-0.2, -0.15) is 0 Å². The summed E-state index contributed by atoms with van der Waals surface area (Å²) in [6.45, 7) is 5.21. The van der Waals surface area contributed by atoms with E-state index in [0.29, 0.717) is 5.92 Å². The molecule has 2 fully saturated rings. The van der Waals surface area contributed by atoms with Crippen molar-refractivity contribution in [3.8, 4) is 0 Å². The minimum atomic E-state index is -0.775. The van der Waals surface area contributed by atoms with E-state index in [1.807, 2.05) is 0 Å². The smallest absolute Gasteiger partial charge is 0.171 e. The molecule has 0 aromatic carbocycles. The van der Waals surface area contributed by atoms with Crippen molar-refractivity contribution in [1.29, 1.82) is 0 Å². The van der Waals surface area contributed by atoms with Crippen LogP contribution in [0.15, 0.2) is 0 Å². The average Bonchev–Trinajstić information content (AvgIpc) is 2.51. The minimum Gasteiger partial charge on any atom is -0.365 e. The first kappa shape index (κ1) is 9.47. The Morgan fingerprint density at radius 1 is 1.46 bits per heavy atom. The predicted molar refractivity (Wildman–Crippen MR) is 51.3 cm³/mol. The van der Waals surface area contributed by atoms with E-state index in [1.54, 1.807) is 0 Å². The van der Waals surface area contributed by atoms with Crippen LogP contribution in [-0.2, 0) is 4.74 Å². The third-order valence-corrected chi connectivity index (χ3v) is 4.22. The molecule has 2 nitrogen and oxygen atoms in total. The fourth-order valence-corrected chi connectivity index (χ4v) is 3.39. The van der Waals surface area contributed by atoms with Crippen LogP contribution in [0.4, 0.5) is 0 Å². The number of rotatable bonds is 2. The van der Waals surface area contributed by atoms with Crippen LogP contribution < -0.4 is 0 Å². The Bertz CT molecular complexity index is 204. The topological polar surface area (TPSA) is 29.5 Å². The number of fused-ring (bicyclic) bond motifs is 1. The van der Waals surface area contributed by atoms with E-state index in [-0.39, 0.29) is 5.41 Å². The lowest BCUT2D eigenvalue weighted by Crippen LogP contribution is -2.42. The largest absolute Gasteiger partial charge is 0.365 e. The summed E-state index contributed by atoms with van der Waals surface area (Å²) in [5.74, 6) is -0.150. The van der Waals surface area contributed by atoms with Crippen molar-refractivity contribution in [3.05, 3.63) is 0 Å². The highest BCUT2D eigenvalue weighted by Crippen LogP contribution is 2.59. The van der Waals surface area contributed by atoms with Gasteiger partial charge in [0.15, 0.2) is 5.79 Å². The first-order valence-electron chi connectivity index (χ1n) is 5.51. The van der Waals surface area contributed by atoms with Gasteiger partial charge in [-0.05, 0) is 25.2 Å². The van der Waals surface area contributed by atoms with Crippen molar-refractivity contribution in [1.82, 2.24) is 0 Å². The van der Waals surface area contributed by atoms with Crippen LogP contribution in [0, 0.1) is 11.3 Å². The van der Waals surface area contributed by atoms with E-state index < -0.39 is 5.79 Å². The van der Waals surface area contributed by atoms with Gasteiger partial charge >= 0.3 is 0 Å². The molecule has 0 aromatic heterocycles.